The van der Waals surface area contributed by atoms with E-state index in [9.17, 15) is 14.7 Å². The molecule has 0 radical (unpaired) electrons. The number of carbonyl (C=O) groups is 2. The van der Waals surface area contributed by atoms with Crippen LogP contribution >= 0.6 is 11.6 Å². The second-order valence-corrected chi connectivity index (χ2v) is 4.30. The molecule has 0 saturated heterocycles. The first-order chi connectivity index (χ1) is 9.02. The van der Waals surface area contributed by atoms with E-state index in [1.165, 1.54) is 24.3 Å². The maximum Gasteiger partial charge on any atom is 0.337 e. The summed E-state index contributed by atoms with van der Waals surface area (Å²) >= 11 is 5.79. The number of carboxylic acid groups (broad SMARTS) is 1. The molecule has 0 aliphatic heterocycles. The molecule has 19 heavy (non-hydrogen) atoms. The molecule has 0 aromatic heterocycles. The van der Waals surface area contributed by atoms with E-state index >= 15 is 0 Å². The van der Waals surface area contributed by atoms with Crippen molar-refractivity contribution >= 4 is 23.9 Å². The van der Waals surface area contributed by atoms with Gasteiger partial charge in [-0.3, -0.25) is 4.79 Å². The van der Waals surface area contributed by atoms with E-state index in [-0.39, 0.29) is 21.9 Å². The summed E-state index contributed by atoms with van der Waals surface area (Å²) in [7, 11) is 0. The van der Waals surface area contributed by atoms with Crippen LogP contribution in [0.15, 0.2) is 36.4 Å². The normalized spacial score (nSPS) is 10.2. The monoisotopic (exact) mass is 276 g/mol. The quantitative estimate of drug-likeness (QED) is 0.844. The van der Waals surface area contributed by atoms with Crippen LogP contribution < -0.4 is 0 Å². The number of hydrogen-bond acceptors (Lipinski definition) is 3. The van der Waals surface area contributed by atoms with E-state index < -0.39 is 5.97 Å². The number of hydrogen-bond donors (Lipinski definition) is 2. The molecule has 0 spiro atoms. The lowest BCUT2D eigenvalue weighted by molar-refractivity contribution is 0.0697. The zero-order chi connectivity index (χ0) is 14.0. The molecule has 0 unspecified atom stereocenters. The van der Waals surface area contributed by atoms with Crippen molar-refractivity contribution in [3.05, 3.63) is 52.5 Å². The Morgan fingerprint density at radius 1 is 1.11 bits per heavy atom. The fraction of sp³-hybridized carbons (Fsp3) is 0. The van der Waals surface area contributed by atoms with Crippen LogP contribution in [0.1, 0.15) is 20.7 Å². The molecule has 0 aliphatic rings. The SMILES string of the molecule is O=Cc1cc(-c2ccc(Cl)c(C(=O)O)c2)ccc1O. The van der Waals surface area contributed by atoms with Crippen LogP contribution in [0, 0.1) is 0 Å². The first-order valence-corrected chi connectivity index (χ1v) is 5.72. The van der Waals surface area contributed by atoms with Crippen molar-refractivity contribution in [2.75, 3.05) is 0 Å². The minimum Gasteiger partial charge on any atom is -0.507 e. The van der Waals surface area contributed by atoms with Gasteiger partial charge in [-0.25, -0.2) is 4.79 Å². The number of carbonyl (C=O) groups excluding carboxylic acids is 1. The highest BCUT2D eigenvalue weighted by Gasteiger charge is 2.11. The average Bonchev–Trinajstić information content (AvgIpc) is 2.39. The predicted molar refractivity (Wildman–Crippen MR) is 70.9 cm³/mol. The Morgan fingerprint density at radius 2 is 1.74 bits per heavy atom. The lowest BCUT2D eigenvalue weighted by atomic mass is 10.0. The van der Waals surface area contributed by atoms with E-state index in [1.54, 1.807) is 12.1 Å². The van der Waals surface area contributed by atoms with Gasteiger partial charge in [0, 0.05) is 0 Å². The zero-order valence-corrected chi connectivity index (χ0v) is 10.4. The van der Waals surface area contributed by atoms with Gasteiger partial charge in [0.1, 0.15) is 5.75 Å². The van der Waals surface area contributed by atoms with Crippen LogP contribution in [-0.4, -0.2) is 22.5 Å². The molecule has 0 heterocycles. The van der Waals surface area contributed by atoms with E-state index in [0.717, 1.165) is 0 Å². The standard InChI is InChI=1S/C14H9ClO4/c15-12-3-1-9(6-11(12)14(18)19)8-2-4-13(17)10(5-8)7-16/h1-7,17H,(H,18,19). The van der Waals surface area contributed by atoms with Crippen LogP contribution in [0.25, 0.3) is 11.1 Å². The second kappa shape index (κ2) is 5.12. The molecule has 4 nitrogen and oxygen atoms in total. The van der Waals surface area contributed by atoms with E-state index in [1.807, 2.05) is 0 Å². The van der Waals surface area contributed by atoms with Gasteiger partial charge in [-0.15, -0.1) is 0 Å². The van der Waals surface area contributed by atoms with E-state index in [4.69, 9.17) is 16.7 Å². The van der Waals surface area contributed by atoms with E-state index in [0.29, 0.717) is 17.4 Å². The Hall–Kier alpha value is -2.33. The van der Waals surface area contributed by atoms with Crippen LogP contribution in [-0.2, 0) is 0 Å². The molecular formula is C14H9ClO4. The number of carboxylic acids is 1. The lowest BCUT2D eigenvalue weighted by Crippen LogP contribution is -1.97. The summed E-state index contributed by atoms with van der Waals surface area (Å²) in [6, 6.07) is 9.01. The summed E-state index contributed by atoms with van der Waals surface area (Å²) in [4.78, 5) is 21.8. The Labute approximate surface area is 113 Å². The number of halogens is 1. The second-order valence-electron chi connectivity index (χ2n) is 3.89. The fourth-order valence-corrected chi connectivity index (χ4v) is 1.90. The summed E-state index contributed by atoms with van der Waals surface area (Å²) in [5.74, 6) is -1.24. The molecule has 0 bridgehead atoms. The highest BCUT2D eigenvalue weighted by atomic mass is 35.5. The van der Waals surface area contributed by atoms with Crippen molar-refractivity contribution < 1.29 is 19.8 Å². The Morgan fingerprint density at radius 3 is 2.37 bits per heavy atom. The summed E-state index contributed by atoms with van der Waals surface area (Å²) in [5, 5.41) is 18.6. The van der Waals surface area contributed by atoms with Crippen LogP contribution in [0.5, 0.6) is 5.75 Å². The summed E-state index contributed by atoms with van der Waals surface area (Å²) in [5.41, 5.74) is 1.35. The maximum absolute atomic E-state index is 11.0. The summed E-state index contributed by atoms with van der Waals surface area (Å²) < 4.78 is 0. The molecule has 0 fully saturated rings. The molecule has 0 saturated carbocycles. The molecule has 0 atom stereocenters. The minimum atomic E-state index is -1.12. The molecular weight excluding hydrogens is 268 g/mol. The molecule has 2 aromatic carbocycles. The van der Waals surface area contributed by atoms with Gasteiger partial charge < -0.3 is 10.2 Å². The van der Waals surface area contributed by atoms with Crippen LogP contribution in [0.2, 0.25) is 5.02 Å². The van der Waals surface area contributed by atoms with Crippen molar-refractivity contribution in [3.63, 3.8) is 0 Å². The maximum atomic E-state index is 11.0. The number of rotatable bonds is 3. The number of benzene rings is 2. The number of aromatic hydroxyl groups is 1. The molecule has 2 rings (SSSR count). The van der Waals surface area contributed by atoms with Crippen molar-refractivity contribution in [1.82, 2.24) is 0 Å². The summed E-state index contributed by atoms with van der Waals surface area (Å²) in [6.45, 7) is 0. The number of phenolic OH excluding ortho intramolecular Hbond substituents is 1. The zero-order valence-electron chi connectivity index (χ0n) is 9.63. The van der Waals surface area contributed by atoms with Gasteiger partial charge in [0.25, 0.3) is 0 Å². The van der Waals surface area contributed by atoms with Crippen molar-refractivity contribution in [3.8, 4) is 16.9 Å². The predicted octanol–water partition coefficient (Wildman–Crippen LogP) is 3.22. The minimum absolute atomic E-state index is 0.0140. The third-order valence-electron chi connectivity index (χ3n) is 2.68. The van der Waals surface area contributed by atoms with Gasteiger partial charge in [0.2, 0.25) is 0 Å². The van der Waals surface area contributed by atoms with Gasteiger partial charge in [-0.05, 0) is 35.4 Å². The average molecular weight is 277 g/mol. The highest BCUT2D eigenvalue weighted by molar-refractivity contribution is 6.33. The lowest BCUT2D eigenvalue weighted by Gasteiger charge is -2.06. The van der Waals surface area contributed by atoms with Crippen molar-refractivity contribution in [1.29, 1.82) is 0 Å². The Bertz CT molecular complexity index is 664. The van der Waals surface area contributed by atoms with Gasteiger partial charge in [0.15, 0.2) is 6.29 Å². The highest BCUT2D eigenvalue weighted by Crippen LogP contribution is 2.28. The summed E-state index contributed by atoms with van der Waals surface area (Å²) in [6.07, 6.45) is 0.535. The van der Waals surface area contributed by atoms with Gasteiger partial charge in [-0.1, -0.05) is 23.7 Å². The number of aldehydes is 1. The molecule has 5 heteroatoms. The van der Waals surface area contributed by atoms with Gasteiger partial charge in [0.05, 0.1) is 16.1 Å². The Kier molecular flexibility index (Phi) is 3.53. The topological polar surface area (TPSA) is 74.6 Å². The Balaban J connectivity index is 2.56. The largest absolute Gasteiger partial charge is 0.507 e. The van der Waals surface area contributed by atoms with Gasteiger partial charge >= 0.3 is 5.97 Å². The van der Waals surface area contributed by atoms with Crippen molar-refractivity contribution in [2.24, 2.45) is 0 Å². The number of phenols is 1. The molecule has 0 amide bonds. The van der Waals surface area contributed by atoms with Crippen molar-refractivity contribution in [2.45, 2.75) is 0 Å². The smallest absolute Gasteiger partial charge is 0.337 e. The third-order valence-corrected chi connectivity index (χ3v) is 3.01. The number of aromatic carboxylic acids is 1. The third kappa shape index (κ3) is 2.58. The molecule has 96 valence electrons. The molecule has 2 aromatic rings. The van der Waals surface area contributed by atoms with E-state index in [2.05, 4.69) is 0 Å². The first kappa shape index (κ1) is 13.1. The first-order valence-electron chi connectivity index (χ1n) is 5.34. The van der Waals surface area contributed by atoms with Crippen LogP contribution in [0.3, 0.4) is 0 Å². The fourth-order valence-electron chi connectivity index (χ4n) is 1.70. The van der Waals surface area contributed by atoms with Crippen LogP contribution in [0.4, 0.5) is 0 Å². The molecule has 0 aliphatic carbocycles. The molecule has 2 N–H and O–H groups in total. The van der Waals surface area contributed by atoms with Gasteiger partial charge in [-0.2, -0.15) is 0 Å².